The van der Waals surface area contributed by atoms with Gasteiger partial charge in [0.25, 0.3) is 0 Å². The molecule has 8 heteroatoms. The van der Waals surface area contributed by atoms with Crippen molar-refractivity contribution in [2.45, 2.75) is 32.2 Å². The number of guanidine groups is 1. The van der Waals surface area contributed by atoms with Gasteiger partial charge in [0.2, 0.25) is 5.91 Å². The van der Waals surface area contributed by atoms with Gasteiger partial charge in [-0.2, -0.15) is 0 Å². The van der Waals surface area contributed by atoms with E-state index in [1.807, 2.05) is 0 Å². The van der Waals surface area contributed by atoms with Crippen LogP contribution >= 0.6 is 0 Å². The third-order valence-electron chi connectivity index (χ3n) is 6.11. The number of ether oxygens (including phenoxy) is 1. The molecule has 0 aliphatic carbocycles. The number of nitrogens with zero attached hydrogens (tertiary/aromatic N) is 4. The molecule has 8 nitrogen and oxygen atoms in total. The Bertz CT molecular complexity index is 742. The van der Waals surface area contributed by atoms with Crippen molar-refractivity contribution >= 4 is 17.6 Å². The van der Waals surface area contributed by atoms with Crippen LogP contribution in [0.3, 0.4) is 0 Å². The predicted molar refractivity (Wildman–Crippen MR) is 130 cm³/mol. The third-order valence-corrected chi connectivity index (χ3v) is 6.11. The number of carbonyl (C=O) groups excluding carboxylic acids is 1. The van der Waals surface area contributed by atoms with Crippen LogP contribution in [0, 0.1) is 0 Å². The topological polar surface area (TPSA) is 72.4 Å². The molecule has 0 spiro atoms. The van der Waals surface area contributed by atoms with E-state index >= 15 is 0 Å². The highest BCUT2D eigenvalue weighted by Crippen LogP contribution is 2.23. The summed E-state index contributed by atoms with van der Waals surface area (Å²) in [7, 11) is 3.51. The van der Waals surface area contributed by atoms with E-state index in [4.69, 9.17) is 4.74 Å². The summed E-state index contributed by atoms with van der Waals surface area (Å²) in [5.74, 6) is 0.671. The van der Waals surface area contributed by atoms with Crippen molar-refractivity contribution < 1.29 is 9.53 Å². The maximum atomic E-state index is 12.1. The monoisotopic (exact) mass is 444 g/mol. The van der Waals surface area contributed by atoms with Crippen LogP contribution in [0.25, 0.3) is 0 Å². The molecule has 2 aliphatic rings. The highest BCUT2D eigenvalue weighted by Gasteiger charge is 2.15. The second-order valence-corrected chi connectivity index (χ2v) is 8.84. The Balaban J connectivity index is 1.57. The highest BCUT2D eigenvalue weighted by atomic mass is 16.5. The lowest BCUT2D eigenvalue weighted by Gasteiger charge is -2.26. The van der Waals surface area contributed by atoms with Crippen molar-refractivity contribution in [2.24, 2.45) is 4.99 Å². The van der Waals surface area contributed by atoms with Crippen LogP contribution in [0.4, 0.5) is 5.69 Å². The number of likely N-dealkylation sites (N-methyl/N-ethyl adjacent to an activating group) is 1. The molecule has 2 aliphatic heterocycles. The fourth-order valence-corrected chi connectivity index (χ4v) is 4.03. The summed E-state index contributed by atoms with van der Waals surface area (Å²) in [4.78, 5) is 23.1. The molecular weight excluding hydrogens is 404 g/mol. The van der Waals surface area contributed by atoms with Crippen LogP contribution < -0.4 is 15.5 Å². The zero-order valence-electron chi connectivity index (χ0n) is 20.0. The van der Waals surface area contributed by atoms with E-state index in [1.54, 1.807) is 19.0 Å². The fraction of sp³-hybridized carbons (Fsp3) is 0.667. The van der Waals surface area contributed by atoms with Crippen LogP contribution in [-0.2, 0) is 9.53 Å². The SMILES string of the molecule is CC(NC(=NCC(=O)N(C)C)NCCCN1CCOCC1)c1cccc(N2CCCC2)c1. The second-order valence-electron chi connectivity index (χ2n) is 8.84. The molecule has 1 aromatic rings. The molecule has 2 N–H and O–H groups in total. The summed E-state index contributed by atoms with van der Waals surface area (Å²) in [5.41, 5.74) is 2.50. The number of morpholine rings is 1. The predicted octanol–water partition coefficient (Wildman–Crippen LogP) is 1.69. The molecule has 0 bridgehead atoms. The first kappa shape index (κ1) is 24.3. The Morgan fingerprint density at radius 3 is 2.66 bits per heavy atom. The van der Waals surface area contributed by atoms with Crippen molar-refractivity contribution in [1.29, 1.82) is 0 Å². The average molecular weight is 445 g/mol. The van der Waals surface area contributed by atoms with Gasteiger partial charge in [-0.15, -0.1) is 0 Å². The Morgan fingerprint density at radius 1 is 1.19 bits per heavy atom. The first-order valence-electron chi connectivity index (χ1n) is 11.9. The van der Waals surface area contributed by atoms with Gasteiger partial charge >= 0.3 is 0 Å². The number of benzene rings is 1. The number of amides is 1. The van der Waals surface area contributed by atoms with Gasteiger partial charge in [0.05, 0.1) is 19.3 Å². The molecule has 2 heterocycles. The van der Waals surface area contributed by atoms with Crippen LogP contribution in [0.5, 0.6) is 0 Å². The van der Waals surface area contributed by atoms with E-state index in [-0.39, 0.29) is 18.5 Å². The standard InChI is InChI=1S/C24H40N6O2/c1-20(21-8-6-9-22(18-21)30-12-4-5-13-30)27-24(26-19-23(31)28(2)3)25-10-7-11-29-14-16-32-17-15-29/h6,8-9,18,20H,4-5,7,10-17,19H2,1-3H3,(H2,25,26,27). The molecule has 1 atom stereocenters. The molecule has 3 rings (SSSR count). The van der Waals surface area contributed by atoms with Gasteiger partial charge in [-0.05, 0) is 50.4 Å². The lowest BCUT2D eigenvalue weighted by atomic mass is 10.1. The van der Waals surface area contributed by atoms with Gasteiger partial charge in [0, 0.05) is 52.5 Å². The molecule has 2 fully saturated rings. The maximum absolute atomic E-state index is 12.1. The molecule has 1 amide bonds. The summed E-state index contributed by atoms with van der Waals surface area (Å²) >= 11 is 0. The van der Waals surface area contributed by atoms with Crippen LogP contribution in [0.2, 0.25) is 0 Å². The third kappa shape index (κ3) is 7.67. The quantitative estimate of drug-likeness (QED) is 0.343. The van der Waals surface area contributed by atoms with E-state index in [2.05, 4.69) is 56.6 Å². The number of anilines is 1. The van der Waals surface area contributed by atoms with Crippen molar-refractivity contribution in [2.75, 3.05) is 78.0 Å². The largest absolute Gasteiger partial charge is 0.379 e. The molecule has 0 aromatic heterocycles. The molecule has 2 saturated heterocycles. The normalized spacial score (nSPS) is 18.5. The fourth-order valence-electron chi connectivity index (χ4n) is 4.03. The Morgan fingerprint density at radius 2 is 1.94 bits per heavy atom. The zero-order chi connectivity index (χ0) is 22.8. The summed E-state index contributed by atoms with van der Waals surface area (Å²) in [6, 6.07) is 8.82. The summed E-state index contributed by atoms with van der Waals surface area (Å²) < 4.78 is 5.42. The molecule has 1 aromatic carbocycles. The van der Waals surface area contributed by atoms with E-state index in [9.17, 15) is 4.79 Å². The van der Waals surface area contributed by atoms with Crippen molar-refractivity contribution in [3.05, 3.63) is 29.8 Å². The Hall–Kier alpha value is -2.32. The average Bonchev–Trinajstić information content (AvgIpc) is 3.35. The maximum Gasteiger partial charge on any atom is 0.243 e. The number of rotatable bonds is 9. The summed E-state index contributed by atoms with van der Waals surface area (Å²) in [6.07, 6.45) is 3.55. The molecule has 178 valence electrons. The lowest BCUT2D eigenvalue weighted by molar-refractivity contribution is -0.127. The Labute approximate surface area is 193 Å². The van der Waals surface area contributed by atoms with E-state index in [1.165, 1.54) is 24.1 Å². The minimum absolute atomic E-state index is 0.0110. The summed E-state index contributed by atoms with van der Waals surface area (Å²) in [5, 5.41) is 6.92. The summed E-state index contributed by atoms with van der Waals surface area (Å²) in [6.45, 7) is 10.0. The second kappa shape index (κ2) is 12.6. The number of aliphatic imine (C=N–C) groups is 1. The number of nitrogens with one attached hydrogen (secondary N) is 2. The molecule has 0 saturated carbocycles. The first-order valence-corrected chi connectivity index (χ1v) is 11.9. The van der Waals surface area contributed by atoms with Gasteiger partial charge < -0.3 is 25.2 Å². The van der Waals surface area contributed by atoms with E-state index < -0.39 is 0 Å². The van der Waals surface area contributed by atoms with Gasteiger partial charge in [0.1, 0.15) is 6.54 Å². The number of carbonyl (C=O) groups is 1. The first-order chi connectivity index (χ1) is 15.5. The highest BCUT2D eigenvalue weighted by molar-refractivity contribution is 5.85. The molecule has 1 unspecified atom stereocenters. The van der Waals surface area contributed by atoms with Crippen molar-refractivity contribution in [1.82, 2.24) is 20.4 Å². The molecule has 32 heavy (non-hydrogen) atoms. The minimum atomic E-state index is -0.0110. The molecule has 0 radical (unpaired) electrons. The minimum Gasteiger partial charge on any atom is -0.379 e. The molecular formula is C24H40N6O2. The zero-order valence-corrected chi connectivity index (χ0v) is 20.0. The van der Waals surface area contributed by atoms with Crippen LogP contribution in [-0.4, -0.2) is 94.8 Å². The van der Waals surface area contributed by atoms with Crippen LogP contribution in [0.1, 0.15) is 37.8 Å². The van der Waals surface area contributed by atoms with E-state index in [0.29, 0.717) is 5.96 Å². The number of hydrogen-bond acceptors (Lipinski definition) is 5. The van der Waals surface area contributed by atoms with E-state index in [0.717, 1.165) is 58.9 Å². The van der Waals surface area contributed by atoms with Gasteiger partial charge in [-0.3, -0.25) is 9.69 Å². The number of hydrogen-bond donors (Lipinski definition) is 2. The Kier molecular flexibility index (Phi) is 9.62. The lowest BCUT2D eigenvalue weighted by Crippen LogP contribution is -2.42. The van der Waals surface area contributed by atoms with Gasteiger partial charge in [-0.1, -0.05) is 12.1 Å². The van der Waals surface area contributed by atoms with Gasteiger partial charge in [-0.25, -0.2) is 4.99 Å². The smallest absolute Gasteiger partial charge is 0.243 e. The van der Waals surface area contributed by atoms with Crippen molar-refractivity contribution in [3.63, 3.8) is 0 Å². The van der Waals surface area contributed by atoms with Crippen molar-refractivity contribution in [3.8, 4) is 0 Å². The van der Waals surface area contributed by atoms with Gasteiger partial charge in [0.15, 0.2) is 5.96 Å². The van der Waals surface area contributed by atoms with Crippen LogP contribution in [0.15, 0.2) is 29.3 Å².